The molecule has 46 heavy (non-hydrogen) atoms. The molecule has 0 atom stereocenters. The van der Waals surface area contributed by atoms with Gasteiger partial charge in [-0.3, -0.25) is 0 Å². The normalized spacial score (nSPS) is 14.8. The Kier molecular flexibility index (Phi) is 6.04. The summed E-state index contributed by atoms with van der Waals surface area (Å²) in [4.78, 5) is 2.31. The van der Waals surface area contributed by atoms with Crippen LogP contribution in [0.5, 0.6) is 0 Å². The van der Waals surface area contributed by atoms with Gasteiger partial charge in [-0.2, -0.15) is 0 Å². The average molecular weight is 590 g/mol. The van der Waals surface area contributed by atoms with E-state index in [4.69, 9.17) is 0 Å². The molecule has 0 amide bonds. The third kappa shape index (κ3) is 4.06. The summed E-state index contributed by atoms with van der Waals surface area (Å²) >= 11 is 0. The van der Waals surface area contributed by atoms with Crippen LogP contribution in [0.15, 0.2) is 176 Å². The fourth-order valence-electron chi connectivity index (χ4n) is 7.24. The van der Waals surface area contributed by atoms with Gasteiger partial charge in [0, 0.05) is 32.9 Å². The highest BCUT2D eigenvalue weighted by Gasteiger charge is 2.21. The maximum atomic E-state index is 4.59. The molecule has 0 aliphatic carbocycles. The van der Waals surface area contributed by atoms with Crippen LogP contribution in [0.1, 0.15) is 5.56 Å². The molecule has 1 aliphatic heterocycles. The van der Waals surface area contributed by atoms with Crippen LogP contribution in [-0.2, 0) is 6.42 Å². The van der Waals surface area contributed by atoms with Gasteiger partial charge in [0.05, 0.1) is 39.1 Å². The van der Waals surface area contributed by atoms with E-state index in [9.17, 15) is 0 Å². The van der Waals surface area contributed by atoms with E-state index in [1.165, 1.54) is 49.2 Å². The van der Waals surface area contributed by atoms with Gasteiger partial charge in [0.2, 0.25) is 0 Å². The van der Waals surface area contributed by atoms with Crippen molar-refractivity contribution in [2.45, 2.75) is 6.42 Å². The Morgan fingerprint density at radius 1 is 0.457 bits per heavy atom. The van der Waals surface area contributed by atoms with Crippen molar-refractivity contribution in [3.05, 3.63) is 182 Å². The quantitative estimate of drug-likeness (QED) is 0.200. The van der Waals surface area contributed by atoms with Crippen molar-refractivity contribution in [2.75, 3.05) is 4.90 Å². The van der Waals surface area contributed by atoms with Gasteiger partial charge in [-0.1, -0.05) is 116 Å². The van der Waals surface area contributed by atoms with E-state index in [0.29, 0.717) is 0 Å². The Balaban J connectivity index is 1.41. The van der Waals surface area contributed by atoms with Crippen molar-refractivity contribution in [2.24, 2.45) is 0 Å². The third-order valence-corrected chi connectivity index (χ3v) is 9.22. The van der Waals surface area contributed by atoms with Crippen LogP contribution in [-0.4, -0.2) is 9.13 Å². The molecule has 3 nitrogen and oxygen atoms in total. The van der Waals surface area contributed by atoms with E-state index in [-0.39, 0.29) is 0 Å². The van der Waals surface area contributed by atoms with Gasteiger partial charge in [0.1, 0.15) is 0 Å². The number of hydrogen-bond donors (Lipinski definition) is 0. The molecule has 2 aromatic heterocycles. The third-order valence-electron chi connectivity index (χ3n) is 9.22. The Hall–Kier alpha value is -6.06. The molecule has 3 heteroatoms. The lowest BCUT2D eigenvalue weighted by Gasteiger charge is -2.29. The first kappa shape index (κ1) is 26.4. The molecule has 0 spiro atoms. The van der Waals surface area contributed by atoms with Crippen LogP contribution in [0.4, 0.5) is 11.4 Å². The molecule has 6 aromatic carbocycles. The number of fused-ring (bicyclic) bond motifs is 7. The zero-order valence-corrected chi connectivity index (χ0v) is 25.3. The topological polar surface area (TPSA) is 13.1 Å². The number of aromatic nitrogens is 2. The number of benzene rings is 6. The van der Waals surface area contributed by atoms with Gasteiger partial charge < -0.3 is 14.0 Å². The predicted molar refractivity (Wildman–Crippen MR) is 195 cm³/mol. The lowest BCUT2D eigenvalue weighted by molar-refractivity contribution is 1.11. The molecule has 3 heterocycles. The zero-order valence-electron chi connectivity index (χ0n) is 25.3. The highest BCUT2D eigenvalue weighted by atomic mass is 15.2. The van der Waals surface area contributed by atoms with Crippen molar-refractivity contribution in [1.29, 1.82) is 0 Å². The summed E-state index contributed by atoms with van der Waals surface area (Å²) in [6.45, 7) is 4.59. The molecular weight excluding hydrogens is 558 g/mol. The Labute approximate surface area is 267 Å². The second-order valence-electron chi connectivity index (χ2n) is 11.9. The van der Waals surface area contributed by atoms with Crippen LogP contribution in [0.3, 0.4) is 0 Å². The van der Waals surface area contributed by atoms with Crippen molar-refractivity contribution < 1.29 is 0 Å². The first-order valence-corrected chi connectivity index (χ1v) is 15.8. The molecule has 0 unspecified atom stereocenters. The number of rotatable bonds is 3. The summed E-state index contributed by atoms with van der Waals surface area (Å²) in [6, 6.07) is 50.5. The van der Waals surface area contributed by atoms with E-state index < -0.39 is 0 Å². The van der Waals surface area contributed by atoms with Gasteiger partial charge in [0.25, 0.3) is 0 Å². The lowest BCUT2D eigenvalue weighted by atomic mass is 10.1. The van der Waals surface area contributed by atoms with E-state index in [0.717, 1.165) is 34.9 Å². The van der Waals surface area contributed by atoms with Crippen LogP contribution in [0.25, 0.3) is 55.0 Å². The summed E-state index contributed by atoms with van der Waals surface area (Å²) in [7, 11) is 0. The van der Waals surface area contributed by atoms with Crippen LogP contribution in [0.2, 0.25) is 0 Å². The minimum atomic E-state index is 0.844. The van der Waals surface area contributed by atoms with Crippen molar-refractivity contribution in [3.8, 4) is 11.4 Å². The molecule has 0 bridgehead atoms. The highest BCUT2D eigenvalue weighted by Crippen LogP contribution is 2.40. The van der Waals surface area contributed by atoms with Gasteiger partial charge in [0.15, 0.2) is 0 Å². The molecule has 0 N–H and O–H groups in total. The van der Waals surface area contributed by atoms with Crippen LogP contribution in [0, 0.1) is 0 Å². The largest absolute Gasteiger partial charge is 0.311 e. The minimum absolute atomic E-state index is 0.844. The van der Waals surface area contributed by atoms with E-state index >= 15 is 0 Å². The second-order valence-corrected chi connectivity index (χ2v) is 11.9. The molecule has 8 aromatic rings. The van der Waals surface area contributed by atoms with Gasteiger partial charge in [-0.25, -0.2) is 0 Å². The highest BCUT2D eigenvalue weighted by molar-refractivity contribution is 6.10. The fraction of sp³-hybridized carbons (Fsp3) is 0.0233. The standard InChI is InChI=1S/C43H31N3/c1-30-15-3-2-4-16-31-17-5-10-22-39(31)44(30)32-27-33(45-40-23-11-6-18-35(40)36-19-7-12-24-41(36)45)29-34(28-32)46-42-25-13-8-20-37(42)38-21-9-14-26-43(38)46/h2-15,17-29H,1,16H2/b4-2-,15-3-. The number of hydrogen-bond acceptors (Lipinski definition) is 1. The van der Waals surface area contributed by atoms with Crippen molar-refractivity contribution >= 4 is 55.0 Å². The summed E-state index contributed by atoms with van der Waals surface area (Å²) in [5.41, 5.74) is 11.3. The van der Waals surface area contributed by atoms with Crippen LogP contribution < -0.4 is 4.90 Å². The Morgan fingerprint density at radius 3 is 1.41 bits per heavy atom. The fourth-order valence-corrected chi connectivity index (χ4v) is 7.24. The SMILES string of the molecule is C=C1/C=C\C=C/Cc2ccccc2N1c1cc(-n2c3ccccc3c3ccccc32)cc(-n2c3ccccc3c3ccccc32)c1. The molecule has 9 rings (SSSR count). The Bertz CT molecular complexity index is 2300. The molecule has 0 saturated carbocycles. The minimum Gasteiger partial charge on any atom is -0.311 e. The maximum Gasteiger partial charge on any atom is 0.0541 e. The summed E-state index contributed by atoms with van der Waals surface area (Å²) in [5, 5.41) is 4.98. The first-order chi connectivity index (χ1) is 22.8. The summed E-state index contributed by atoms with van der Waals surface area (Å²) in [6.07, 6.45) is 9.36. The molecule has 1 aliphatic rings. The first-order valence-electron chi connectivity index (χ1n) is 15.8. The molecule has 0 fully saturated rings. The summed E-state index contributed by atoms with van der Waals surface area (Å²) < 4.78 is 4.82. The van der Waals surface area contributed by atoms with Gasteiger partial charge in [-0.15, -0.1) is 0 Å². The van der Waals surface area contributed by atoms with E-state index in [1.807, 2.05) is 0 Å². The second kappa shape index (κ2) is 10.5. The van der Waals surface area contributed by atoms with Crippen LogP contribution >= 0.6 is 0 Å². The lowest BCUT2D eigenvalue weighted by Crippen LogP contribution is -2.17. The molecule has 0 radical (unpaired) electrons. The number of para-hydroxylation sites is 5. The van der Waals surface area contributed by atoms with Gasteiger partial charge >= 0.3 is 0 Å². The van der Waals surface area contributed by atoms with Gasteiger partial charge in [-0.05, 0) is 66.6 Å². The van der Waals surface area contributed by atoms with E-state index in [1.54, 1.807) is 0 Å². The van der Waals surface area contributed by atoms with Crippen molar-refractivity contribution in [1.82, 2.24) is 9.13 Å². The molecule has 0 saturated heterocycles. The maximum absolute atomic E-state index is 4.59. The molecular formula is C43H31N3. The molecule has 218 valence electrons. The Morgan fingerprint density at radius 2 is 0.891 bits per heavy atom. The zero-order chi connectivity index (χ0) is 30.6. The number of allylic oxidation sites excluding steroid dienone is 4. The predicted octanol–water partition coefficient (Wildman–Crippen LogP) is 11.2. The van der Waals surface area contributed by atoms with Crippen molar-refractivity contribution in [3.63, 3.8) is 0 Å². The number of anilines is 2. The monoisotopic (exact) mass is 589 g/mol. The number of nitrogens with zero attached hydrogens (tertiary/aromatic N) is 3. The van der Waals surface area contributed by atoms with E-state index in [2.05, 4.69) is 184 Å². The summed E-state index contributed by atoms with van der Waals surface area (Å²) in [5.74, 6) is 0. The average Bonchev–Trinajstić information content (AvgIpc) is 3.64. The smallest absolute Gasteiger partial charge is 0.0541 e.